The molecule has 114 valence electrons. The molecule has 0 N–H and O–H groups in total. The number of carbonyl (C=O) groups excluding carboxylic acids is 2. The second kappa shape index (κ2) is 6.56. The molecule has 0 aliphatic heterocycles. The molecule has 0 aliphatic rings. The molecular formula is C19H20O3. The Hall–Kier alpha value is -2.42. The van der Waals surface area contributed by atoms with E-state index in [2.05, 4.69) is 20.8 Å². The van der Waals surface area contributed by atoms with E-state index < -0.39 is 11.9 Å². The molecule has 0 saturated heterocycles. The number of rotatable bonds is 3. The number of carbonyl (C=O) groups is 2. The molecule has 0 fully saturated rings. The second-order valence-corrected chi connectivity index (χ2v) is 6.48. The monoisotopic (exact) mass is 296 g/mol. The summed E-state index contributed by atoms with van der Waals surface area (Å²) in [6.07, 6.45) is 0.922. The van der Waals surface area contributed by atoms with Gasteiger partial charge in [0.05, 0.1) is 11.1 Å². The molecule has 3 nitrogen and oxygen atoms in total. The summed E-state index contributed by atoms with van der Waals surface area (Å²) in [5.41, 5.74) is 2.08. The minimum absolute atomic E-state index is 0.186. The van der Waals surface area contributed by atoms with Crippen LogP contribution in [0.15, 0.2) is 54.6 Å². The van der Waals surface area contributed by atoms with Crippen LogP contribution in [0.4, 0.5) is 0 Å². The van der Waals surface area contributed by atoms with E-state index in [0.717, 1.165) is 12.0 Å². The normalized spacial score (nSPS) is 11.0. The maximum atomic E-state index is 12.0. The van der Waals surface area contributed by atoms with E-state index in [1.54, 1.807) is 42.5 Å². The van der Waals surface area contributed by atoms with Crippen LogP contribution in [-0.2, 0) is 11.2 Å². The van der Waals surface area contributed by atoms with Crippen LogP contribution in [0, 0.1) is 5.41 Å². The fourth-order valence-electron chi connectivity index (χ4n) is 2.15. The highest BCUT2D eigenvalue weighted by Crippen LogP contribution is 2.20. The maximum absolute atomic E-state index is 12.0. The highest BCUT2D eigenvalue weighted by atomic mass is 16.6. The van der Waals surface area contributed by atoms with Crippen LogP contribution in [0.25, 0.3) is 0 Å². The summed E-state index contributed by atoms with van der Waals surface area (Å²) in [6, 6.07) is 15.7. The van der Waals surface area contributed by atoms with Gasteiger partial charge in [-0.3, -0.25) is 0 Å². The third-order valence-corrected chi connectivity index (χ3v) is 3.12. The van der Waals surface area contributed by atoms with Crippen molar-refractivity contribution in [2.45, 2.75) is 27.2 Å². The molecular weight excluding hydrogens is 276 g/mol. The van der Waals surface area contributed by atoms with E-state index in [-0.39, 0.29) is 5.41 Å². The Morgan fingerprint density at radius 3 is 1.82 bits per heavy atom. The van der Waals surface area contributed by atoms with Crippen LogP contribution in [-0.4, -0.2) is 11.9 Å². The minimum Gasteiger partial charge on any atom is -0.386 e. The standard InChI is InChI=1S/C19H20O3/c1-19(2,3)13-14-9-11-16(12-10-14)18(21)22-17(20)15-7-5-4-6-8-15/h4-12H,13H2,1-3H3. The van der Waals surface area contributed by atoms with Crippen molar-refractivity contribution in [1.82, 2.24) is 0 Å². The Labute approximate surface area is 130 Å². The van der Waals surface area contributed by atoms with Crippen LogP contribution in [0.5, 0.6) is 0 Å². The zero-order valence-corrected chi connectivity index (χ0v) is 13.1. The maximum Gasteiger partial charge on any atom is 0.346 e. The fraction of sp³-hybridized carbons (Fsp3) is 0.263. The summed E-state index contributed by atoms with van der Waals surface area (Å²) in [5.74, 6) is -1.26. The van der Waals surface area contributed by atoms with Gasteiger partial charge >= 0.3 is 11.9 Å². The van der Waals surface area contributed by atoms with Gasteiger partial charge < -0.3 is 4.74 Å². The van der Waals surface area contributed by atoms with Crippen molar-refractivity contribution in [3.05, 3.63) is 71.3 Å². The topological polar surface area (TPSA) is 43.4 Å². The highest BCUT2D eigenvalue weighted by molar-refractivity contribution is 6.02. The molecule has 0 unspecified atom stereocenters. The average molecular weight is 296 g/mol. The Morgan fingerprint density at radius 1 is 0.818 bits per heavy atom. The lowest BCUT2D eigenvalue weighted by Crippen LogP contribution is -2.13. The first-order valence-electron chi connectivity index (χ1n) is 7.26. The molecule has 0 amide bonds. The van der Waals surface area contributed by atoms with Crippen LogP contribution in [0.3, 0.4) is 0 Å². The number of benzene rings is 2. The van der Waals surface area contributed by atoms with Gasteiger partial charge in [0, 0.05) is 0 Å². The Kier molecular flexibility index (Phi) is 4.76. The molecule has 0 bridgehead atoms. The van der Waals surface area contributed by atoms with Crippen molar-refractivity contribution in [1.29, 1.82) is 0 Å². The molecule has 0 saturated carbocycles. The van der Waals surface area contributed by atoms with Crippen LogP contribution >= 0.6 is 0 Å². The summed E-state index contributed by atoms with van der Waals surface area (Å²) >= 11 is 0. The van der Waals surface area contributed by atoms with Crippen LogP contribution in [0.1, 0.15) is 47.1 Å². The van der Waals surface area contributed by atoms with E-state index in [0.29, 0.717) is 11.1 Å². The lowest BCUT2D eigenvalue weighted by molar-refractivity contribution is 0.0398. The largest absolute Gasteiger partial charge is 0.386 e. The predicted molar refractivity (Wildman–Crippen MR) is 85.8 cm³/mol. The smallest absolute Gasteiger partial charge is 0.346 e. The molecule has 0 aromatic heterocycles. The minimum atomic E-state index is -0.635. The summed E-state index contributed by atoms with van der Waals surface area (Å²) < 4.78 is 4.89. The van der Waals surface area contributed by atoms with Crippen molar-refractivity contribution in [3.8, 4) is 0 Å². The van der Waals surface area contributed by atoms with Gasteiger partial charge in [-0.1, -0.05) is 51.1 Å². The van der Waals surface area contributed by atoms with Gasteiger partial charge in [-0.05, 0) is 41.7 Å². The lowest BCUT2D eigenvalue weighted by Gasteiger charge is -2.18. The van der Waals surface area contributed by atoms with E-state index in [1.165, 1.54) is 0 Å². The molecule has 0 radical (unpaired) electrons. The van der Waals surface area contributed by atoms with Gasteiger partial charge in [0.25, 0.3) is 0 Å². The van der Waals surface area contributed by atoms with Crippen molar-refractivity contribution >= 4 is 11.9 Å². The first-order valence-corrected chi connectivity index (χ1v) is 7.26. The SMILES string of the molecule is CC(C)(C)Cc1ccc(C(=O)OC(=O)c2ccccc2)cc1. The number of ether oxygens (including phenoxy) is 1. The van der Waals surface area contributed by atoms with Crippen molar-refractivity contribution in [3.63, 3.8) is 0 Å². The molecule has 2 rings (SSSR count). The van der Waals surface area contributed by atoms with Crippen molar-refractivity contribution in [2.75, 3.05) is 0 Å². The van der Waals surface area contributed by atoms with Gasteiger partial charge in [-0.25, -0.2) is 9.59 Å². The Bertz CT molecular complexity index is 649. The summed E-state index contributed by atoms with van der Waals surface area (Å²) in [6.45, 7) is 6.48. The Balaban J connectivity index is 2.03. The van der Waals surface area contributed by atoms with Gasteiger partial charge in [0.15, 0.2) is 0 Å². The van der Waals surface area contributed by atoms with Crippen LogP contribution in [0.2, 0.25) is 0 Å². The highest BCUT2D eigenvalue weighted by Gasteiger charge is 2.15. The second-order valence-electron chi connectivity index (χ2n) is 6.48. The quantitative estimate of drug-likeness (QED) is 0.627. The van der Waals surface area contributed by atoms with E-state index in [9.17, 15) is 9.59 Å². The summed E-state index contributed by atoms with van der Waals surface area (Å²) in [4.78, 5) is 23.8. The van der Waals surface area contributed by atoms with Crippen molar-refractivity contribution in [2.24, 2.45) is 5.41 Å². The van der Waals surface area contributed by atoms with Gasteiger partial charge in [0.2, 0.25) is 0 Å². The summed E-state index contributed by atoms with van der Waals surface area (Å²) in [7, 11) is 0. The molecule has 3 heteroatoms. The number of esters is 2. The van der Waals surface area contributed by atoms with E-state index in [4.69, 9.17) is 4.74 Å². The predicted octanol–water partition coefficient (Wildman–Crippen LogP) is 4.27. The molecule has 0 aliphatic carbocycles. The number of hydrogen-bond acceptors (Lipinski definition) is 3. The lowest BCUT2D eigenvalue weighted by atomic mass is 9.88. The molecule has 0 heterocycles. The average Bonchev–Trinajstić information content (AvgIpc) is 2.47. The zero-order chi connectivity index (χ0) is 16.2. The summed E-state index contributed by atoms with van der Waals surface area (Å²) in [5, 5.41) is 0. The van der Waals surface area contributed by atoms with E-state index >= 15 is 0 Å². The Morgan fingerprint density at radius 2 is 1.32 bits per heavy atom. The number of hydrogen-bond donors (Lipinski definition) is 0. The zero-order valence-electron chi connectivity index (χ0n) is 13.1. The first kappa shape index (κ1) is 16.0. The first-order chi connectivity index (χ1) is 10.3. The van der Waals surface area contributed by atoms with Gasteiger partial charge in [-0.15, -0.1) is 0 Å². The van der Waals surface area contributed by atoms with Gasteiger partial charge in [-0.2, -0.15) is 0 Å². The molecule has 2 aromatic carbocycles. The third kappa shape index (κ3) is 4.55. The van der Waals surface area contributed by atoms with E-state index in [1.807, 2.05) is 12.1 Å². The molecule has 0 spiro atoms. The van der Waals surface area contributed by atoms with Crippen LogP contribution < -0.4 is 0 Å². The molecule has 0 atom stereocenters. The third-order valence-electron chi connectivity index (χ3n) is 3.12. The van der Waals surface area contributed by atoms with Gasteiger partial charge in [0.1, 0.15) is 0 Å². The molecule has 2 aromatic rings. The molecule has 22 heavy (non-hydrogen) atoms. The fourth-order valence-corrected chi connectivity index (χ4v) is 2.15. The van der Waals surface area contributed by atoms with Crippen molar-refractivity contribution < 1.29 is 14.3 Å².